The van der Waals surface area contributed by atoms with E-state index in [1.165, 1.54) is 46.4 Å². The Morgan fingerprint density at radius 2 is 1.38 bits per heavy atom. The monoisotopic (exact) mass is 334 g/mol. The van der Waals surface area contributed by atoms with Gasteiger partial charge < -0.3 is 5.11 Å². The number of hydrogen-bond donors (Lipinski definition) is 1. The summed E-state index contributed by atoms with van der Waals surface area (Å²) in [6.07, 6.45) is 5.63. The van der Waals surface area contributed by atoms with Crippen LogP contribution >= 0.6 is 11.8 Å². The van der Waals surface area contributed by atoms with Gasteiger partial charge in [-0.1, -0.05) is 55.0 Å². The predicted molar refractivity (Wildman–Crippen MR) is 104 cm³/mol. The molecule has 2 bridgehead atoms. The maximum Gasteiger partial charge on any atom is 0.0929 e. The van der Waals surface area contributed by atoms with Gasteiger partial charge in [0.2, 0.25) is 0 Å². The van der Waals surface area contributed by atoms with E-state index in [2.05, 4.69) is 66.4 Å². The van der Waals surface area contributed by atoms with Crippen LogP contribution in [0.25, 0.3) is 21.5 Å². The van der Waals surface area contributed by atoms with E-state index in [0.717, 1.165) is 12.8 Å². The highest BCUT2D eigenvalue weighted by Gasteiger charge is 2.43. The number of aliphatic hydroxyl groups is 1. The number of thioether (sulfide) groups is 1. The average molecular weight is 334 g/mol. The standard InChI is InChI=1S/C22H22OS/c23-22(13-17-8-5-9-18(14-22)24-17)21-19-10-3-1-6-15(19)12-16-7-2-4-11-20(16)21/h1-4,6-7,10-12,17-18,23H,5,8-9,13-14H2. The molecule has 2 saturated heterocycles. The van der Waals surface area contributed by atoms with E-state index in [1.54, 1.807) is 0 Å². The SMILES string of the molecule is OC1(c2c3ccccc3cc3ccccc23)CC2CCCC(C1)S2. The molecule has 3 aromatic carbocycles. The maximum absolute atomic E-state index is 11.8. The lowest BCUT2D eigenvalue weighted by Gasteiger charge is -2.45. The van der Waals surface area contributed by atoms with Crippen molar-refractivity contribution in [2.24, 2.45) is 0 Å². The summed E-state index contributed by atoms with van der Waals surface area (Å²) in [6, 6.07) is 19.4. The van der Waals surface area contributed by atoms with E-state index in [1.807, 2.05) is 0 Å². The summed E-state index contributed by atoms with van der Waals surface area (Å²) in [4.78, 5) is 0. The van der Waals surface area contributed by atoms with Gasteiger partial charge in [0, 0.05) is 10.5 Å². The van der Waals surface area contributed by atoms with Crippen molar-refractivity contribution >= 4 is 33.3 Å². The van der Waals surface area contributed by atoms with Crippen LogP contribution in [0.4, 0.5) is 0 Å². The molecule has 1 nitrogen and oxygen atoms in total. The molecule has 1 N–H and O–H groups in total. The second-order valence-electron chi connectivity index (χ2n) is 7.44. The maximum atomic E-state index is 11.8. The molecule has 0 aliphatic carbocycles. The van der Waals surface area contributed by atoms with Gasteiger partial charge in [0.15, 0.2) is 0 Å². The molecule has 2 unspecified atom stereocenters. The first-order valence-electron chi connectivity index (χ1n) is 9.02. The summed E-state index contributed by atoms with van der Waals surface area (Å²) in [5.41, 5.74) is 0.481. The van der Waals surface area contributed by atoms with Crippen molar-refractivity contribution in [2.45, 2.75) is 48.2 Å². The molecule has 2 atom stereocenters. The largest absolute Gasteiger partial charge is 0.385 e. The van der Waals surface area contributed by atoms with Crippen molar-refractivity contribution in [3.8, 4) is 0 Å². The van der Waals surface area contributed by atoms with Gasteiger partial charge in [-0.3, -0.25) is 0 Å². The van der Waals surface area contributed by atoms with Crippen LogP contribution in [0.3, 0.4) is 0 Å². The van der Waals surface area contributed by atoms with Crippen LogP contribution < -0.4 is 0 Å². The fraction of sp³-hybridized carbons (Fsp3) is 0.364. The zero-order valence-electron chi connectivity index (χ0n) is 13.7. The van der Waals surface area contributed by atoms with Crippen LogP contribution in [0.1, 0.15) is 37.7 Å². The third-order valence-corrected chi connectivity index (χ3v) is 7.38. The molecule has 2 fully saturated rings. The van der Waals surface area contributed by atoms with Gasteiger partial charge >= 0.3 is 0 Å². The van der Waals surface area contributed by atoms with Crippen molar-refractivity contribution < 1.29 is 5.11 Å². The van der Waals surface area contributed by atoms with Crippen molar-refractivity contribution in [1.82, 2.24) is 0 Å². The van der Waals surface area contributed by atoms with E-state index in [-0.39, 0.29) is 0 Å². The number of benzene rings is 3. The molecular weight excluding hydrogens is 312 g/mol. The zero-order valence-corrected chi connectivity index (χ0v) is 14.6. The zero-order chi connectivity index (χ0) is 16.1. The second-order valence-corrected chi connectivity index (χ2v) is 9.05. The van der Waals surface area contributed by atoms with Crippen LogP contribution in [-0.4, -0.2) is 15.6 Å². The van der Waals surface area contributed by atoms with E-state index >= 15 is 0 Å². The topological polar surface area (TPSA) is 20.2 Å². The Morgan fingerprint density at radius 1 is 0.833 bits per heavy atom. The van der Waals surface area contributed by atoms with Gasteiger partial charge in [0.25, 0.3) is 0 Å². The Kier molecular flexibility index (Phi) is 3.39. The van der Waals surface area contributed by atoms with Crippen LogP contribution in [0.15, 0.2) is 54.6 Å². The van der Waals surface area contributed by atoms with Crippen molar-refractivity contribution in [2.75, 3.05) is 0 Å². The quantitative estimate of drug-likeness (QED) is 0.582. The molecule has 122 valence electrons. The third-order valence-electron chi connectivity index (χ3n) is 5.80. The fourth-order valence-electron chi connectivity index (χ4n) is 4.84. The highest BCUT2D eigenvalue weighted by molar-refractivity contribution is 8.00. The van der Waals surface area contributed by atoms with Crippen molar-refractivity contribution in [1.29, 1.82) is 0 Å². The molecule has 0 amide bonds. The van der Waals surface area contributed by atoms with Crippen LogP contribution in [0.5, 0.6) is 0 Å². The molecule has 24 heavy (non-hydrogen) atoms. The number of fused-ring (bicyclic) bond motifs is 4. The van der Waals surface area contributed by atoms with E-state index in [4.69, 9.17) is 0 Å². The summed E-state index contributed by atoms with van der Waals surface area (Å²) in [7, 11) is 0. The first-order valence-corrected chi connectivity index (χ1v) is 9.96. The van der Waals surface area contributed by atoms with Gasteiger partial charge in [-0.25, -0.2) is 0 Å². The molecule has 2 aliphatic heterocycles. The van der Waals surface area contributed by atoms with Crippen LogP contribution in [0.2, 0.25) is 0 Å². The van der Waals surface area contributed by atoms with Gasteiger partial charge in [-0.2, -0.15) is 11.8 Å². The predicted octanol–water partition coefficient (Wildman–Crippen LogP) is 5.63. The molecule has 2 heteroatoms. The van der Waals surface area contributed by atoms with Gasteiger partial charge in [0.1, 0.15) is 0 Å². The van der Waals surface area contributed by atoms with Crippen LogP contribution in [0, 0.1) is 0 Å². The molecule has 5 rings (SSSR count). The van der Waals surface area contributed by atoms with Crippen molar-refractivity contribution in [3.63, 3.8) is 0 Å². The Morgan fingerprint density at radius 3 is 1.96 bits per heavy atom. The lowest BCUT2D eigenvalue weighted by Crippen LogP contribution is -2.40. The molecule has 0 saturated carbocycles. The first kappa shape index (κ1) is 14.8. The molecule has 3 aromatic rings. The van der Waals surface area contributed by atoms with E-state index in [0.29, 0.717) is 10.5 Å². The smallest absolute Gasteiger partial charge is 0.0929 e. The molecule has 2 heterocycles. The number of hydrogen-bond acceptors (Lipinski definition) is 2. The highest BCUT2D eigenvalue weighted by atomic mass is 32.2. The van der Waals surface area contributed by atoms with Gasteiger partial charge in [0.05, 0.1) is 5.60 Å². The third kappa shape index (κ3) is 2.28. The van der Waals surface area contributed by atoms with E-state index in [9.17, 15) is 5.11 Å². The van der Waals surface area contributed by atoms with Crippen molar-refractivity contribution in [3.05, 3.63) is 60.2 Å². The normalized spacial score (nSPS) is 29.9. The minimum atomic E-state index is -0.693. The minimum Gasteiger partial charge on any atom is -0.385 e. The highest BCUT2D eigenvalue weighted by Crippen LogP contribution is 2.52. The Bertz CT molecular complexity index is 850. The lowest BCUT2D eigenvalue weighted by atomic mass is 9.77. The lowest BCUT2D eigenvalue weighted by molar-refractivity contribution is 0.0109. The summed E-state index contributed by atoms with van der Waals surface area (Å²) in [5.74, 6) is 0. The van der Waals surface area contributed by atoms with Gasteiger partial charge in [-0.15, -0.1) is 0 Å². The molecule has 2 aliphatic rings. The second kappa shape index (κ2) is 5.50. The molecular formula is C22H22OS. The Hall–Kier alpha value is -1.51. The Balaban J connectivity index is 1.80. The first-order chi connectivity index (χ1) is 11.7. The molecule has 0 radical (unpaired) electrons. The summed E-state index contributed by atoms with van der Waals surface area (Å²) < 4.78 is 0. The molecule has 0 aromatic heterocycles. The Labute approximate surface area is 147 Å². The fourth-order valence-corrected chi connectivity index (χ4v) is 6.73. The molecule has 0 spiro atoms. The average Bonchev–Trinajstić information content (AvgIpc) is 2.59. The van der Waals surface area contributed by atoms with Gasteiger partial charge in [-0.05, 0) is 58.9 Å². The van der Waals surface area contributed by atoms with E-state index < -0.39 is 5.60 Å². The minimum absolute atomic E-state index is 0.611. The number of rotatable bonds is 1. The summed E-state index contributed by atoms with van der Waals surface area (Å²) in [6.45, 7) is 0. The summed E-state index contributed by atoms with van der Waals surface area (Å²) in [5, 5.41) is 18.0. The summed E-state index contributed by atoms with van der Waals surface area (Å²) >= 11 is 2.12. The van der Waals surface area contributed by atoms with Crippen LogP contribution in [-0.2, 0) is 5.60 Å².